The van der Waals surface area contributed by atoms with E-state index in [0.717, 1.165) is 25.3 Å². The standard InChI is InChI=1S/C7H8N.3C3H8N.Hf/c1-8-7-5-3-2-4-6-7;3*1-3-4-2;/h2-6H,1H3;3*3H2,1-2H3;/q4*-1;+4. The van der Waals surface area contributed by atoms with Crippen molar-refractivity contribution in [1.29, 1.82) is 0 Å². The number of hydrogen-bond acceptors (Lipinski definition) is 0. The topological polar surface area (TPSA) is 56.4 Å². The maximum atomic E-state index is 3.97. The van der Waals surface area contributed by atoms with Crippen LogP contribution in [-0.4, -0.2) is 47.8 Å². The fraction of sp³-hybridized carbons (Fsp3) is 0.625. The van der Waals surface area contributed by atoms with Gasteiger partial charge in [-0.1, -0.05) is 51.1 Å². The van der Waals surface area contributed by atoms with Crippen molar-refractivity contribution in [2.45, 2.75) is 20.8 Å². The van der Waals surface area contributed by atoms with Gasteiger partial charge in [-0.2, -0.15) is 40.8 Å². The summed E-state index contributed by atoms with van der Waals surface area (Å²) in [6.07, 6.45) is 0. The number of nitrogens with zero attached hydrogens (tertiary/aromatic N) is 4. The van der Waals surface area contributed by atoms with E-state index in [1.54, 1.807) is 28.2 Å². The fourth-order valence-corrected chi connectivity index (χ4v) is 0.577. The number of hydrogen-bond donors (Lipinski definition) is 0. The summed E-state index contributed by atoms with van der Waals surface area (Å²) < 4.78 is 0. The second-order valence-electron chi connectivity index (χ2n) is 3.46. The van der Waals surface area contributed by atoms with Crippen LogP contribution in [0.2, 0.25) is 0 Å². The van der Waals surface area contributed by atoms with E-state index in [-0.39, 0.29) is 25.8 Å². The van der Waals surface area contributed by atoms with Gasteiger partial charge in [-0.25, -0.2) is 0 Å². The van der Waals surface area contributed by atoms with E-state index < -0.39 is 0 Å². The molecule has 0 spiro atoms. The van der Waals surface area contributed by atoms with Gasteiger partial charge >= 0.3 is 25.8 Å². The Bertz CT molecular complexity index is 217. The van der Waals surface area contributed by atoms with Gasteiger partial charge in [0.15, 0.2) is 0 Å². The van der Waals surface area contributed by atoms with Crippen molar-refractivity contribution in [3.8, 4) is 0 Å². The minimum Gasteiger partial charge on any atom is -0.687 e. The second-order valence-corrected chi connectivity index (χ2v) is 3.46. The van der Waals surface area contributed by atoms with Crippen molar-refractivity contribution in [3.05, 3.63) is 51.6 Å². The van der Waals surface area contributed by atoms with Gasteiger partial charge < -0.3 is 21.3 Å². The monoisotopic (exact) mass is 460 g/mol. The van der Waals surface area contributed by atoms with E-state index in [9.17, 15) is 0 Å². The quantitative estimate of drug-likeness (QED) is 0.546. The molecule has 0 amide bonds. The van der Waals surface area contributed by atoms with Crippen LogP contribution in [0.5, 0.6) is 0 Å². The maximum absolute atomic E-state index is 3.97. The second kappa shape index (κ2) is 31.9. The number of para-hydroxylation sites is 1. The van der Waals surface area contributed by atoms with Crippen molar-refractivity contribution in [2.75, 3.05) is 47.8 Å². The molecule has 0 fully saturated rings. The minimum atomic E-state index is 0. The molecule has 1 rings (SSSR count). The van der Waals surface area contributed by atoms with Crippen LogP contribution in [-0.2, 0) is 25.8 Å². The molecule has 4 nitrogen and oxygen atoms in total. The normalized spacial score (nSPS) is 7.57. The molecule has 0 N–H and O–H groups in total. The molecule has 0 aromatic heterocycles. The van der Waals surface area contributed by atoms with Gasteiger partial charge in [0.05, 0.1) is 0 Å². The summed E-state index contributed by atoms with van der Waals surface area (Å²) in [5.41, 5.74) is 1.03. The number of rotatable bonds is 4. The molecule has 0 aliphatic carbocycles. The fourth-order valence-electron chi connectivity index (χ4n) is 0.577. The van der Waals surface area contributed by atoms with Crippen LogP contribution in [0, 0.1) is 0 Å². The van der Waals surface area contributed by atoms with Crippen LogP contribution in [0.4, 0.5) is 5.69 Å². The van der Waals surface area contributed by atoms with Crippen molar-refractivity contribution >= 4 is 5.69 Å². The zero-order chi connectivity index (χ0) is 16.1. The minimum absolute atomic E-state index is 0. The van der Waals surface area contributed by atoms with E-state index >= 15 is 0 Å². The molecule has 0 aliphatic rings. The first kappa shape index (κ1) is 28.9. The third-order valence-corrected chi connectivity index (χ3v) is 1.96. The van der Waals surface area contributed by atoms with E-state index in [0.29, 0.717) is 0 Å². The molecule has 0 aliphatic heterocycles. The first-order valence-electron chi connectivity index (χ1n) is 6.99. The van der Waals surface area contributed by atoms with Gasteiger partial charge in [0, 0.05) is 0 Å². The van der Waals surface area contributed by atoms with Gasteiger partial charge in [-0.05, 0) is 0 Å². The van der Waals surface area contributed by atoms with Gasteiger partial charge in [-0.15, -0.1) is 12.7 Å². The Morgan fingerprint density at radius 1 is 0.667 bits per heavy atom. The number of benzene rings is 1. The summed E-state index contributed by atoms with van der Waals surface area (Å²) in [6.45, 7) is 8.88. The van der Waals surface area contributed by atoms with Crippen LogP contribution < -0.4 is 0 Å². The molecular weight excluding hydrogens is 427 g/mol. The van der Waals surface area contributed by atoms with Crippen LogP contribution in [0.15, 0.2) is 30.3 Å². The zero-order valence-electron chi connectivity index (χ0n) is 14.8. The van der Waals surface area contributed by atoms with Crippen molar-refractivity contribution in [2.24, 2.45) is 0 Å². The Morgan fingerprint density at radius 2 is 0.952 bits per heavy atom. The van der Waals surface area contributed by atoms with Crippen molar-refractivity contribution in [1.82, 2.24) is 0 Å². The molecule has 120 valence electrons. The predicted molar refractivity (Wildman–Crippen MR) is 94.9 cm³/mol. The summed E-state index contributed by atoms with van der Waals surface area (Å²) in [5, 5.41) is 15.2. The average Bonchev–Trinajstić information content (AvgIpc) is 2.56. The molecule has 5 heteroatoms. The Balaban J connectivity index is -0.0000000973. The smallest absolute Gasteiger partial charge is 0.687 e. The van der Waals surface area contributed by atoms with Crippen LogP contribution >= 0.6 is 0 Å². The molecule has 1 aromatic rings. The average molecular weight is 459 g/mol. The molecule has 0 bridgehead atoms. The third kappa shape index (κ3) is 38.3. The van der Waals surface area contributed by atoms with Gasteiger partial charge in [0.25, 0.3) is 0 Å². The van der Waals surface area contributed by atoms with E-state index in [1.165, 1.54) is 0 Å². The molecule has 0 unspecified atom stereocenters. The Hall–Kier alpha value is -0.230. The predicted octanol–water partition coefficient (Wildman–Crippen LogP) is 5.35. The van der Waals surface area contributed by atoms with E-state index in [2.05, 4.69) is 21.3 Å². The Kier molecular flexibility index (Phi) is 43.9. The Labute approximate surface area is 151 Å². The van der Waals surface area contributed by atoms with Gasteiger partial charge in [0.2, 0.25) is 0 Å². The summed E-state index contributed by atoms with van der Waals surface area (Å²) in [6, 6.07) is 9.87. The van der Waals surface area contributed by atoms with Crippen LogP contribution in [0.3, 0.4) is 0 Å². The largest absolute Gasteiger partial charge is 4.00 e. The maximum Gasteiger partial charge on any atom is 4.00 e. The van der Waals surface area contributed by atoms with E-state index in [1.807, 2.05) is 51.1 Å². The van der Waals surface area contributed by atoms with Crippen LogP contribution in [0.25, 0.3) is 21.3 Å². The summed E-state index contributed by atoms with van der Waals surface area (Å²) in [4.78, 5) is 0. The van der Waals surface area contributed by atoms with Crippen molar-refractivity contribution in [3.63, 3.8) is 0 Å². The summed E-state index contributed by atoms with van der Waals surface area (Å²) in [7, 11) is 7.20. The van der Waals surface area contributed by atoms with E-state index in [4.69, 9.17) is 0 Å². The summed E-state index contributed by atoms with van der Waals surface area (Å²) in [5.74, 6) is 0. The Morgan fingerprint density at radius 3 is 1.10 bits per heavy atom. The molecule has 0 saturated carbocycles. The summed E-state index contributed by atoms with van der Waals surface area (Å²) >= 11 is 0. The molecule has 0 saturated heterocycles. The van der Waals surface area contributed by atoms with Gasteiger partial charge in [0.1, 0.15) is 0 Å². The first-order valence-corrected chi connectivity index (χ1v) is 6.99. The van der Waals surface area contributed by atoms with Crippen molar-refractivity contribution < 1.29 is 25.8 Å². The first-order chi connectivity index (χ1) is 9.67. The molecule has 1 aromatic carbocycles. The van der Waals surface area contributed by atoms with Crippen LogP contribution in [0.1, 0.15) is 20.8 Å². The molecular formula is C16H32HfN4. The molecule has 0 atom stereocenters. The van der Waals surface area contributed by atoms with Gasteiger partial charge in [-0.3, -0.25) is 0 Å². The SMILES string of the molecule is CC[N-]C.CC[N-]C.CC[N-]C.C[N-]c1ccccc1.[Hf+4]. The third-order valence-electron chi connectivity index (χ3n) is 1.96. The molecule has 0 radical (unpaired) electrons. The zero-order valence-corrected chi connectivity index (χ0v) is 18.4. The molecule has 0 heterocycles. The molecule has 21 heavy (non-hydrogen) atoms.